The number of benzene rings is 1. The van der Waals surface area contributed by atoms with Crippen LogP contribution in [0.5, 0.6) is 0 Å². The van der Waals surface area contributed by atoms with E-state index in [0.29, 0.717) is 0 Å². The minimum Gasteiger partial charge on any atom is -0.441 e. The quantitative estimate of drug-likeness (QED) is 0.337. The fourth-order valence-electron chi connectivity index (χ4n) is 3.34. The molecule has 2 aliphatic heterocycles. The second-order valence-corrected chi connectivity index (χ2v) is 9.99. The number of nitrogens with zero attached hydrogens (tertiary/aromatic N) is 4. The zero-order chi connectivity index (χ0) is 23.6. The van der Waals surface area contributed by atoms with E-state index >= 15 is 0 Å². The van der Waals surface area contributed by atoms with Crippen LogP contribution in [0, 0.1) is 11.6 Å². The lowest BCUT2D eigenvalue weighted by atomic mass is 10.2. The van der Waals surface area contributed by atoms with E-state index < -0.39 is 44.3 Å². The zero-order valence-electron chi connectivity index (χ0n) is 16.9. The summed E-state index contributed by atoms with van der Waals surface area (Å²) >= 11 is 9.03. The van der Waals surface area contributed by atoms with Crippen molar-refractivity contribution in [3.8, 4) is 0 Å². The first-order valence-electron chi connectivity index (χ1n) is 9.39. The molecule has 2 fully saturated rings. The normalized spacial score (nSPS) is 19.9. The number of hydrogen-bond donors (Lipinski definition) is 1. The molecule has 0 N–H and O–H groups in total. The monoisotopic (exact) mass is 514 g/mol. The number of carbonyl (C=O) groups excluding carboxylic acids is 2. The van der Waals surface area contributed by atoms with Crippen LogP contribution in [0.2, 0.25) is 0 Å². The molecule has 1 aromatic rings. The largest absolute Gasteiger partial charge is 0.441 e. The van der Waals surface area contributed by atoms with Gasteiger partial charge in [0.05, 0.1) is 12.2 Å². The van der Waals surface area contributed by atoms with E-state index in [1.165, 1.54) is 16.3 Å². The van der Waals surface area contributed by atoms with Gasteiger partial charge in [0, 0.05) is 45.4 Å². The zero-order valence-corrected chi connectivity index (χ0v) is 19.4. The minimum absolute atomic E-state index is 0.0407. The first kappa shape index (κ1) is 24.8. The summed E-state index contributed by atoms with van der Waals surface area (Å²) < 4.78 is 59.6. The number of ether oxygens (including phenoxy) is 1. The maximum Gasteiger partial charge on any atom is 0.414 e. The number of sulfonamides is 1. The summed E-state index contributed by atoms with van der Waals surface area (Å²) in [6.07, 6.45) is -1.58. The number of thiol groups is 1. The molecule has 0 unspecified atom stereocenters. The smallest absolute Gasteiger partial charge is 0.414 e. The highest BCUT2D eigenvalue weighted by molar-refractivity contribution is 7.96. The number of amides is 2. The number of hydroxylamine groups is 2. The average Bonchev–Trinajstić information content (AvgIpc) is 3.12. The Morgan fingerprint density at radius 2 is 1.88 bits per heavy atom. The third-order valence-electron chi connectivity index (χ3n) is 5.00. The second-order valence-electron chi connectivity index (χ2n) is 7.06. The Morgan fingerprint density at radius 3 is 2.41 bits per heavy atom. The van der Waals surface area contributed by atoms with E-state index in [2.05, 4.69) is 12.6 Å². The van der Waals surface area contributed by atoms with Gasteiger partial charge in [-0.3, -0.25) is 14.5 Å². The van der Waals surface area contributed by atoms with Crippen LogP contribution < -0.4 is 9.80 Å². The van der Waals surface area contributed by atoms with E-state index in [0.717, 1.165) is 22.1 Å². The number of alkyl halides is 1. The van der Waals surface area contributed by atoms with Crippen molar-refractivity contribution in [2.45, 2.75) is 6.10 Å². The molecule has 10 nitrogen and oxygen atoms in total. The summed E-state index contributed by atoms with van der Waals surface area (Å²) in [4.78, 5) is 30.7. The molecular formula is C17H21ClF2N4O6S2. The van der Waals surface area contributed by atoms with E-state index in [1.807, 2.05) is 0 Å². The van der Waals surface area contributed by atoms with Gasteiger partial charge in [0.15, 0.2) is 11.6 Å². The van der Waals surface area contributed by atoms with Crippen LogP contribution in [0.15, 0.2) is 12.1 Å². The first-order chi connectivity index (χ1) is 15.0. The van der Waals surface area contributed by atoms with Crippen molar-refractivity contribution >= 4 is 57.0 Å². The molecule has 2 aliphatic rings. The predicted octanol–water partition coefficient (Wildman–Crippen LogP) is 1.85. The van der Waals surface area contributed by atoms with Crippen LogP contribution in [-0.4, -0.2) is 86.8 Å². The summed E-state index contributed by atoms with van der Waals surface area (Å²) in [6.45, 7) is 0.0417. The Kier molecular flexibility index (Phi) is 7.70. The maximum atomic E-state index is 14.8. The SMILES string of the molecule is CN(OC[C@@H]1CN(c2cc(F)c(N3CCN(S(=O)(=O)CCl)CC3)c(F)c2)C(=O)O1)C(=O)S. The predicted molar refractivity (Wildman–Crippen MR) is 115 cm³/mol. The van der Waals surface area contributed by atoms with Crippen LogP contribution >= 0.6 is 24.2 Å². The van der Waals surface area contributed by atoms with Gasteiger partial charge in [-0.05, 0) is 0 Å². The van der Waals surface area contributed by atoms with Gasteiger partial charge in [0.1, 0.15) is 23.6 Å². The molecule has 178 valence electrons. The Labute approximate surface area is 194 Å². The van der Waals surface area contributed by atoms with E-state index in [1.54, 1.807) is 0 Å². The van der Waals surface area contributed by atoms with Crippen LogP contribution in [-0.2, 0) is 19.6 Å². The van der Waals surface area contributed by atoms with Gasteiger partial charge >= 0.3 is 11.3 Å². The van der Waals surface area contributed by atoms with Crippen LogP contribution in [0.3, 0.4) is 0 Å². The van der Waals surface area contributed by atoms with Gasteiger partial charge in [0.25, 0.3) is 0 Å². The molecule has 15 heteroatoms. The molecule has 0 radical (unpaired) electrons. The summed E-state index contributed by atoms with van der Waals surface area (Å²) in [7, 11) is -2.27. The van der Waals surface area contributed by atoms with Crippen molar-refractivity contribution < 1.29 is 36.4 Å². The molecule has 1 aromatic carbocycles. The molecule has 32 heavy (non-hydrogen) atoms. The van der Waals surface area contributed by atoms with Crippen molar-refractivity contribution in [3.63, 3.8) is 0 Å². The Hall–Kier alpha value is -1.87. The Balaban J connectivity index is 1.69. The summed E-state index contributed by atoms with van der Waals surface area (Å²) in [5.74, 6) is -1.80. The number of rotatable bonds is 7. The van der Waals surface area contributed by atoms with Crippen molar-refractivity contribution in [2.24, 2.45) is 0 Å². The average molecular weight is 515 g/mol. The molecule has 3 rings (SSSR count). The lowest BCUT2D eigenvalue weighted by Crippen LogP contribution is -2.49. The molecular weight excluding hydrogens is 494 g/mol. The number of hydrogen-bond acceptors (Lipinski definition) is 7. The first-order valence-corrected chi connectivity index (χ1v) is 12.0. The summed E-state index contributed by atoms with van der Waals surface area (Å²) in [5, 5.41) is -0.359. The molecule has 0 bridgehead atoms. The molecule has 2 heterocycles. The highest BCUT2D eigenvalue weighted by Crippen LogP contribution is 2.32. The summed E-state index contributed by atoms with van der Waals surface area (Å²) in [5.41, 5.74) is -0.351. The lowest BCUT2D eigenvalue weighted by Gasteiger charge is -2.35. The third kappa shape index (κ3) is 5.36. The van der Waals surface area contributed by atoms with Crippen LogP contribution in [0.1, 0.15) is 0 Å². The molecule has 2 amide bonds. The van der Waals surface area contributed by atoms with Crippen molar-refractivity contribution in [1.29, 1.82) is 0 Å². The van der Waals surface area contributed by atoms with E-state index in [9.17, 15) is 26.8 Å². The van der Waals surface area contributed by atoms with Crippen LogP contribution in [0.4, 0.5) is 29.7 Å². The van der Waals surface area contributed by atoms with E-state index in [-0.39, 0.29) is 50.7 Å². The fourth-order valence-corrected chi connectivity index (χ4v) is 4.67. The minimum atomic E-state index is -3.60. The third-order valence-corrected chi connectivity index (χ3v) is 7.53. The summed E-state index contributed by atoms with van der Waals surface area (Å²) in [6, 6.07) is 2.02. The van der Waals surface area contributed by atoms with Crippen molar-refractivity contribution in [1.82, 2.24) is 9.37 Å². The fraction of sp³-hybridized carbons (Fsp3) is 0.529. The van der Waals surface area contributed by atoms with Gasteiger partial charge < -0.3 is 9.64 Å². The van der Waals surface area contributed by atoms with Crippen LogP contribution in [0.25, 0.3) is 0 Å². The van der Waals surface area contributed by atoms with Crippen molar-refractivity contribution in [2.75, 3.05) is 61.4 Å². The van der Waals surface area contributed by atoms with Gasteiger partial charge in [0.2, 0.25) is 10.0 Å². The van der Waals surface area contributed by atoms with Crippen molar-refractivity contribution in [3.05, 3.63) is 23.8 Å². The highest BCUT2D eigenvalue weighted by atomic mass is 35.5. The molecule has 2 saturated heterocycles. The number of cyclic esters (lactones) is 1. The number of anilines is 2. The van der Waals surface area contributed by atoms with Gasteiger partial charge in [-0.25, -0.2) is 27.1 Å². The Morgan fingerprint density at radius 1 is 1.28 bits per heavy atom. The topological polar surface area (TPSA) is 99.7 Å². The van der Waals surface area contributed by atoms with E-state index in [4.69, 9.17) is 21.2 Å². The maximum absolute atomic E-state index is 14.8. The standard InChI is InChI=1S/C17H21ClF2N4O6S2/c1-21(17(26)31)29-9-12-8-24(16(25)30-12)11-6-13(19)15(14(20)7-11)22-2-4-23(5-3-22)32(27,28)10-18/h6-7,12H,2-5,8-10H2,1H3,(H,26,31)/t12-/m0/s1. The molecule has 0 saturated carbocycles. The number of piperazine rings is 1. The molecule has 0 aliphatic carbocycles. The second kappa shape index (κ2) is 9.95. The van der Waals surface area contributed by atoms with Gasteiger partial charge in [-0.2, -0.15) is 4.31 Å². The van der Waals surface area contributed by atoms with Gasteiger partial charge in [-0.15, -0.1) is 11.6 Å². The molecule has 1 atom stereocenters. The highest BCUT2D eigenvalue weighted by Gasteiger charge is 2.35. The number of carbonyl (C=O) groups is 2. The van der Waals surface area contributed by atoms with Gasteiger partial charge in [-0.1, -0.05) is 12.6 Å². The number of halogens is 3. The lowest BCUT2D eigenvalue weighted by molar-refractivity contribution is -0.113. The Bertz CT molecular complexity index is 970. The molecule has 0 spiro atoms. The molecule has 0 aromatic heterocycles.